The van der Waals surface area contributed by atoms with E-state index in [4.69, 9.17) is 23.1 Å². The number of aliphatic imine (C=N–C) groups is 1. The number of benzene rings is 1. The Kier molecular flexibility index (Phi) is 3.64. The lowest BCUT2D eigenvalue weighted by atomic mass is 10.1. The summed E-state index contributed by atoms with van der Waals surface area (Å²) in [5.74, 6) is -0.706. The van der Waals surface area contributed by atoms with E-state index in [-0.39, 0.29) is 5.96 Å². The van der Waals surface area contributed by atoms with E-state index in [1.54, 1.807) is 18.2 Å². The molecule has 0 radical (unpaired) electrons. The van der Waals surface area contributed by atoms with Crippen LogP contribution in [0.5, 0.6) is 0 Å². The summed E-state index contributed by atoms with van der Waals surface area (Å²) in [6.07, 6.45) is 0. The number of amides is 1. The second-order valence-corrected chi connectivity index (χ2v) is 5.10. The quantitative estimate of drug-likeness (QED) is 0.654. The van der Waals surface area contributed by atoms with Crippen molar-refractivity contribution in [3.8, 4) is 11.1 Å². The molecule has 1 aromatic carbocycles. The maximum absolute atomic E-state index is 11.7. The van der Waals surface area contributed by atoms with E-state index in [1.807, 2.05) is 17.5 Å². The molecule has 2 aromatic rings. The van der Waals surface area contributed by atoms with E-state index < -0.39 is 5.91 Å². The number of nitrogens with zero attached hydrogens (tertiary/aromatic N) is 1. The summed E-state index contributed by atoms with van der Waals surface area (Å²) in [7, 11) is 0. The number of thiophene rings is 1. The van der Waals surface area contributed by atoms with Crippen molar-refractivity contribution in [2.24, 2.45) is 16.5 Å². The molecule has 0 aliphatic carbocycles. The van der Waals surface area contributed by atoms with Gasteiger partial charge in [-0.05, 0) is 29.3 Å². The average Bonchev–Trinajstić information content (AvgIpc) is 2.75. The predicted molar refractivity (Wildman–Crippen MR) is 74.9 cm³/mol. The number of hydrogen-bond acceptors (Lipinski definition) is 2. The molecular weight excluding hydrogens is 270 g/mol. The van der Waals surface area contributed by atoms with Gasteiger partial charge in [0.05, 0.1) is 4.34 Å². The maximum atomic E-state index is 11.7. The molecule has 0 spiro atoms. The first-order chi connectivity index (χ1) is 8.56. The van der Waals surface area contributed by atoms with Crippen LogP contribution in [0.2, 0.25) is 4.34 Å². The van der Waals surface area contributed by atoms with Gasteiger partial charge in [-0.25, -0.2) is 0 Å². The summed E-state index contributed by atoms with van der Waals surface area (Å²) >= 11 is 7.32. The molecule has 18 heavy (non-hydrogen) atoms. The zero-order valence-corrected chi connectivity index (χ0v) is 10.8. The molecule has 0 bridgehead atoms. The van der Waals surface area contributed by atoms with Crippen LogP contribution in [-0.2, 0) is 0 Å². The van der Waals surface area contributed by atoms with Crippen molar-refractivity contribution in [1.29, 1.82) is 0 Å². The van der Waals surface area contributed by atoms with Crippen molar-refractivity contribution in [1.82, 2.24) is 0 Å². The van der Waals surface area contributed by atoms with Crippen LogP contribution in [0.1, 0.15) is 10.4 Å². The van der Waals surface area contributed by atoms with Crippen molar-refractivity contribution < 1.29 is 4.79 Å². The van der Waals surface area contributed by atoms with E-state index in [2.05, 4.69) is 4.99 Å². The molecule has 2 rings (SSSR count). The Balaban J connectivity index is 2.36. The second-order valence-electron chi connectivity index (χ2n) is 3.56. The molecule has 1 heterocycles. The van der Waals surface area contributed by atoms with Crippen molar-refractivity contribution in [2.45, 2.75) is 0 Å². The molecular formula is C12H10ClN3OS. The minimum Gasteiger partial charge on any atom is -0.370 e. The third kappa shape index (κ3) is 2.88. The minimum atomic E-state index is -0.460. The number of rotatable bonds is 2. The monoisotopic (exact) mass is 279 g/mol. The second kappa shape index (κ2) is 5.20. The van der Waals surface area contributed by atoms with Gasteiger partial charge in [0.2, 0.25) is 0 Å². The van der Waals surface area contributed by atoms with Gasteiger partial charge in [0.1, 0.15) is 0 Å². The number of halogens is 1. The molecule has 0 fully saturated rings. The minimum absolute atomic E-state index is 0.246. The molecule has 0 atom stereocenters. The van der Waals surface area contributed by atoms with E-state index in [1.165, 1.54) is 11.3 Å². The van der Waals surface area contributed by atoms with Gasteiger partial charge in [-0.2, -0.15) is 4.99 Å². The van der Waals surface area contributed by atoms with Crippen molar-refractivity contribution in [2.75, 3.05) is 0 Å². The molecule has 0 aliphatic heterocycles. The highest BCUT2D eigenvalue weighted by molar-refractivity contribution is 7.14. The molecule has 0 aliphatic rings. The van der Waals surface area contributed by atoms with Gasteiger partial charge in [-0.15, -0.1) is 11.3 Å². The Morgan fingerprint density at radius 2 is 2.00 bits per heavy atom. The highest BCUT2D eigenvalue weighted by Crippen LogP contribution is 2.29. The van der Waals surface area contributed by atoms with Crippen LogP contribution < -0.4 is 11.5 Å². The van der Waals surface area contributed by atoms with Crippen LogP contribution in [0.3, 0.4) is 0 Å². The van der Waals surface area contributed by atoms with Gasteiger partial charge < -0.3 is 11.5 Å². The average molecular weight is 280 g/mol. The van der Waals surface area contributed by atoms with Crippen molar-refractivity contribution >= 4 is 34.8 Å². The lowest BCUT2D eigenvalue weighted by molar-refractivity contribution is 0.100. The summed E-state index contributed by atoms with van der Waals surface area (Å²) in [5, 5.41) is 1.92. The van der Waals surface area contributed by atoms with E-state index >= 15 is 0 Å². The van der Waals surface area contributed by atoms with Crippen LogP contribution in [-0.4, -0.2) is 11.9 Å². The fourth-order valence-corrected chi connectivity index (χ4v) is 2.36. The Morgan fingerprint density at radius 3 is 2.61 bits per heavy atom. The van der Waals surface area contributed by atoms with Crippen LogP contribution >= 0.6 is 22.9 Å². The third-order valence-corrected chi connectivity index (χ3v) is 3.33. The Morgan fingerprint density at radius 1 is 1.22 bits per heavy atom. The number of hydrogen-bond donors (Lipinski definition) is 2. The zero-order valence-electron chi connectivity index (χ0n) is 9.26. The van der Waals surface area contributed by atoms with E-state index in [9.17, 15) is 4.79 Å². The van der Waals surface area contributed by atoms with Crippen LogP contribution in [0.15, 0.2) is 40.7 Å². The van der Waals surface area contributed by atoms with E-state index in [0.717, 1.165) is 11.1 Å². The topological polar surface area (TPSA) is 81.5 Å². The van der Waals surface area contributed by atoms with Crippen LogP contribution in [0.25, 0.3) is 11.1 Å². The summed E-state index contributed by atoms with van der Waals surface area (Å²) in [5.41, 5.74) is 12.6. The van der Waals surface area contributed by atoms with Gasteiger partial charge in [0.25, 0.3) is 5.91 Å². The summed E-state index contributed by atoms with van der Waals surface area (Å²) in [6.45, 7) is 0. The van der Waals surface area contributed by atoms with Gasteiger partial charge in [-0.1, -0.05) is 23.7 Å². The number of carbonyl (C=O) groups is 1. The Bertz CT molecular complexity index is 617. The number of nitrogens with two attached hydrogens (primary N) is 2. The molecule has 0 saturated heterocycles. The SMILES string of the molecule is NC(N)=NC(=O)c1cccc(-c2csc(Cl)c2)c1. The summed E-state index contributed by atoms with van der Waals surface area (Å²) in [6, 6.07) is 8.90. The van der Waals surface area contributed by atoms with E-state index in [0.29, 0.717) is 9.90 Å². The van der Waals surface area contributed by atoms with Crippen molar-refractivity contribution in [3.63, 3.8) is 0 Å². The Labute approximate surface area is 113 Å². The first kappa shape index (κ1) is 12.6. The van der Waals surface area contributed by atoms with Gasteiger partial charge in [0.15, 0.2) is 5.96 Å². The lowest BCUT2D eigenvalue weighted by Crippen LogP contribution is -2.24. The first-order valence-corrected chi connectivity index (χ1v) is 6.30. The summed E-state index contributed by atoms with van der Waals surface area (Å²) in [4.78, 5) is 15.2. The fourth-order valence-electron chi connectivity index (χ4n) is 1.48. The maximum Gasteiger partial charge on any atom is 0.280 e. The molecule has 4 nitrogen and oxygen atoms in total. The standard InChI is InChI=1S/C12H10ClN3OS/c13-10-5-9(6-18-10)7-2-1-3-8(4-7)11(17)16-12(14)15/h1-6H,(H4,14,15,16,17). The van der Waals surface area contributed by atoms with Gasteiger partial charge in [0, 0.05) is 10.9 Å². The molecule has 1 aromatic heterocycles. The van der Waals surface area contributed by atoms with Gasteiger partial charge in [-0.3, -0.25) is 4.79 Å². The molecule has 4 N–H and O–H groups in total. The smallest absolute Gasteiger partial charge is 0.280 e. The highest BCUT2D eigenvalue weighted by atomic mass is 35.5. The normalized spacial score (nSPS) is 10.1. The molecule has 92 valence electrons. The van der Waals surface area contributed by atoms with Crippen LogP contribution in [0, 0.1) is 0 Å². The first-order valence-electron chi connectivity index (χ1n) is 5.04. The third-order valence-electron chi connectivity index (χ3n) is 2.24. The largest absolute Gasteiger partial charge is 0.370 e. The summed E-state index contributed by atoms with van der Waals surface area (Å²) < 4.78 is 0.700. The van der Waals surface area contributed by atoms with Crippen molar-refractivity contribution in [3.05, 3.63) is 45.6 Å². The van der Waals surface area contributed by atoms with Gasteiger partial charge >= 0.3 is 0 Å². The van der Waals surface area contributed by atoms with Crippen LogP contribution in [0.4, 0.5) is 0 Å². The molecule has 0 saturated carbocycles. The zero-order chi connectivity index (χ0) is 13.1. The lowest BCUT2D eigenvalue weighted by Gasteiger charge is -2.00. The predicted octanol–water partition coefficient (Wildman–Crippen LogP) is 2.48. The fraction of sp³-hybridized carbons (Fsp3) is 0. The molecule has 1 amide bonds. The Hall–Kier alpha value is -1.85. The highest BCUT2D eigenvalue weighted by Gasteiger charge is 2.07. The number of carbonyl (C=O) groups excluding carboxylic acids is 1. The molecule has 6 heteroatoms. The molecule has 0 unspecified atom stereocenters. The number of guanidine groups is 1.